The molecule has 0 aromatic heterocycles. The summed E-state index contributed by atoms with van der Waals surface area (Å²) in [4.78, 5) is 60.9. The molecule has 1 rings (SSSR count). The first kappa shape index (κ1) is 30.9. The van der Waals surface area contributed by atoms with Gasteiger partial charge in [-0.05, 0) is 36.3 Å². The maximum Gasteiger partial charge on any atom is 0.326 e. The molecule has 0 saturated heterocycles. The fraction of sp³-hybridized carbons (Fsp3) is 0.542. The third kappa shape index (κ3) is 11.1. The van der Waals surface area contributed by atoms with Gasteiger partial charge in [0.05, 0.1) is 6.04 Å². The van der Waals surface area contributed by atoms with Crippen molar-refractivity contribution < 1.29 is 34.2 Å². The molecule has 0 aliphatic rings. The lowest BCUT2D eigenvalue weighted by Gasteiger charge is -2.27. The van der Waals surface area contributed by atoms with Crippen molar-refractivity contribution >= 4 is 41.4 Å². The fourth-order valence-corrected chi connectivity index (χ4v) is 3.76. The lowest BCUT2D eigenvalue weighted by molar-refractivity contribution is -0.142. The van der Waals surface area contributed by atoms with E-state index in [9.17, 15) is 29.1 Å². The van der Waals surface area contributed by atoms with E-state index in [2.05, 4.69) is 16.0 Å². The standard InChI is InChI=1S/C24H36N4O7S/c1-14(2)20(28-21(31)16(25)9-10-19(29)30)23(33)26-17(11-12-36-3)22(32)27-18(24(34)35)13-15-7-5-4-6-8-15/h4-8,14,16-18,20H,9-13,25H2,1-3H3,(H,26,33)(H,27,32)(H,28,31)(H,29,30)(H,34,35). The molecule has 0 saturated carbocycles. The highest BCUT2D eigenvalue weighted by atomic mass is 32.2. The first-order valence-electron chi connectivity index (χ1n) is 11.6. The molecule has 7 N–H and O–H groups in total. The number of amides is 3. The average Bonchev–Trinajstić information content (AvgIpc) is 2.82. The van der Waals surface area contributed by atoms with Crippen LogP contribution in [0.4, 0.5) is 0 Å². The average molecular weight is 525 g/mol. The maximum atomic E-state index is 13.0. The number of rotatable bonds is 16. The molecule has 4 atom stereocenters. The Bertz CT molecular complexity index is 898. The molecule has 36 heavy (non-hydrogen) atoms. The van der Waals surface area contributed by atoms with Crippen molar-refractivity contribution in [3.8, 4) is 0 Å². The Hall–Kier alpha value is -3.12. The van der Waals surface area contributed by atoms with Crippen LogP contribution in [0.15, 0.2) is 30.3 Å². The van der Waals surface area contributed by atoms with E-state index >= 15 is 0 Å². The Morgan fingerprint density at radius 2 is 1.50 bits per heavy atom. The molecule has 0 aliphatic carbocycles. The molecule has 11 nitrogen and oxygen atoms in total. The Morgan fingerprint density at radius 1 is 0.889 bits per heavy atom. The minimum absolute atomic E-state index is 0.0734. The van der Waals surface area contributed by atoms with Gasteiger partial charge in [-0.15, -0.1) is 0 Å². The predicted molar refractivity (Wildman–Crippen MR) is 136 cm³/mol. The second-order valence-electron chi connectivity index (χ2n) is 8.70. The van der Waals surface area contributed by atoms with Crippen molar-refractivity contribution in [1.82, 2.24) is 16.0 Å². The molecule has 1 aromatic carbocycles. The summed E-state index contributed by atoms with van der Waals surface area (Å²) >= 11 is 1.46. The fourth-order valence-electron chi connectivity index (χ4n) is 3.29. The first-order chi connectivity index (χ1) is 17.0. The van der Waals surface area contributed by atoms with Crippen molar-refractivity contribution in [2.24, 2.45) is 11.7 Å². The van der Waals surface area contributed by atoms with E-state index in [1.165, 1.54) is 11.8 Å². The summed E-state index contributed by atoms with van der Waals surface area (Å²) in [6, 6.07) is 4.49. The third-order valence-corrected chi connectivity index (χ3v) is 6.04. The van der Waals surface area contributed by atoms with Crippen LogP contribution < -0.4 is 21.7 Å². The van der Waals surface area contributed by atoms with Crippen LogP contribution in [0.2, 0.25) is 0 Å². The number of carboxylic acids is 2. The predicted octanol–water partition coefficient (Wildman–Crippen LogP) is 0.369. The SMILES string of the molecule is CSCCC(NC(=O)C(NC(=O)C(N)CCC(=O)O)C(C)C)C(=O)NC(Cc1ccccc1)C(=O)O. The summed E-state index contributed by atoms with van der Waals surface area (Å²) in [5.41, 5.74) is 6.48. The zero-order valence-corrected chi connectivity index (χ0v) is 21.5. The molecular weight excluding hydrogens is 488 g/mol. The summed E-state index contributed by atoms with van der Waals surface area (Å²) in [6.07, 6.45) is 1.77. The van der Waals surface area contributed by atoms with Gasteiger partial charge in [-0.1, -0.05) is 44.2 Å². The number of aliphatic carboxylic acids is 2. The number of nitrogens with one attached hydrogen (secondary N) is 3. The zero-order chi connectivity index (χ0) is 27.3. The Balaban J connectivity index is 2.92. The highest BCUT2D eigenvalue weighted by molar-refractivity contribution is 7.98. The lowest BCUT2D eigenvalue weighted by Crippen LogP contribution is -2.58. The molecular formula is C24H36N4O7S. The highest BCUT2D eigenvalue weighted by Crippen LogP contribution is 2.09. The van der Waals surface area contributed by atoms with Crippen LogP contribution in [-0.4, -0.2) is 76.0 Å². The van der Waals surface area contributed by atoms with Gasteiger partial charge in [0.1, 0.15) is 18.1 Å². The van der Waals surface area contributed by atoms with Gasteiger partial charge < -0.3 is 31.9 Å². The van der Waals surface area contributed by atoms with Crippen molar-refractivity contribution in [1.29, 1.82) is 0 Å². The molecule has 12 heteroatoms. The Morgan fingerprint density at radius 3 is 2.03 bits per heavy atom. The summed E-state index contributed by atoms with van der Waals surface area (Å²) in [6.45, 7) is 3.40. The number of hydrogen-bond acceptors (Lipinski definition) is 7. The number of carbonyl (C=O) groups is 5. The van der Waals surface area contributed by atoms with Gasteiger partial charge in [-0.25, -0.2) is 4.79 Å². The van der Waals surface area contributed by atoms with Crippen LogP contribution in [0.25, 0.3) is 0 Å². The van der Waals surface area contributed by atoms with Crippen LogP contribution in [0, 0.1) is 5.92 Å². The van der Waals surface area contributed by atoms with Gasteiger partial charge in [-0.2, -0.15) is 11.8 Å². The second kappa shape index (κ2) is 15.8. The molecule has 0 bridgehead atoms. The van der Waals surface area contributed by atoms with Gasteiger partial charge in [0, 0.05) is 12.8 Å². The van der Waals surface area contributed by atoms with E-state index in [1.807, 2.05) is 6.26 Å². The molecule has 1 aromatic rings. The number of carbonyl (C=O) groups excluding carboxylic acids is 3. The summed E-state index contributed by atoms with van der Waals surface area (Å²) in [5.74, 6) is -4.09. The normalized spacial score (nSPS) is 14.2. The molecule has 4 unspecified atom stereocenters. The van der Waals surface area contributed by atoms with Crippen LogP contribution >= 0.6 is 11.8 Å². The molecule has 200 valence electrons. The summed E-state index contributed by atoms with van der Waals surface area (Å²) in [5, 5.41) is 26.1. The monoisotopic (exact) mass is 524 g/mol. The maximum absolute atomic E-state index is 13.0. The first-order valence-corrected chi connectivity index (χ1v) is 13.0. The lowest BCUT2D eigenvalue weighted by atomic mass is 10.0. The van der Waals surface area contributed by atoms with E-state index < -0.39 is 53.8 Å². The summed E-state index contributed by atoms with van der Waals surface area (Å²) < 4.78 is 0. The molecule has 0 fully saturated rings. The van der Waals surface area contributed by atoms with E-state index in [4.69, 9.17) is 10.8 Å². The molecule has 0 spiro atoms. The van der Waals surface area contributed by atoms with Gasteiger partial charge in [0.2, 0.25) is 17.7 Å². The van der Waals surface area contributed by atoms with Crippen LogP contribution in [0.5, 0.6) is 0 Å². The van der Waals surface area contributed by atoms with Crippen molar-refractivity contribution in [2.75, 3.05) is 12.0 Å². The molecule has 0 aliphatic heterocycles. The van der Waals surface area contributed by atoms with Crippen LogP contribution in [0.1, 0.15) is 38.7 Å². The van der Waals surface area contributed by atoms with Gasteiger partial charge in [0.25, 0.3) is 0 Å². The second-order valence-corrected chi connectivity index (χ2v) is 9.69. The van der Waals surface area contributed by atoms with Crippen molar-refractivity contribution in [3.63, 3.8) is 0 Å². The van der Waals surface area contributed by atoms with Gasteiger partial charge in [-0.3, -0.25) is 19.2 Å². The van der Waals surface area contributed by atoms with E-state index in [-0.39, 0.29) is 31.6 Å². The quantitative estimate of drug-likeness (QED) is 0.177. The number of hydrogen-bond donors (Lipinski definition) is 6. The van der Waals surface area contributed by atoms with Crippen LogP contribution in [0.3, 0.4) is 0 Å². The minimum Gasteiger partial charge on any atom is -0.481 e. The zero-order valence-electron chi connectivity index (χ0n) is 20.7. The Kier molecular flexibility index (Phi) is 13.6. The van der Waals surface area contributed by atoms with Crippen molar-refractivity contribution in [3.05, 3.63) is 35.9 Å². The number of benzene rings is 1. The van der Waals surface area contributed by atoms with E-state index in [0.29, 0.717) is 5.75 Å². The minimum atomic E-state index is -1.20. The highest BCUT2D eigenvalue weighted by Gasteiger charge is 2.31. The molecule has 0 heterocycles. The van der Waals surface area contributed by atoms with E-state index in [0.717, 1.165) is 5.56 Å². The smallest absolute Gasteiger partial charge is 0.326 e. The largest absolute Gasteiger partial charge is 0.481 e. The van der Waals surface area contributed by atoms with Gasteiger partial charge >= 0.3 is 11.9 Å². The molecule has 0 radical (unpaired) electrons. The van der Waals surface area contributed by atoms with Gasteiger partial charge in [0.15, 0.2) is 0 Å². The third-order valence-electron chi connectivity index (χ3n) is 5.39. The molecule has 3 amide bonds. The van der Waals surface area contributed by atoms with E-state index in [1.54, 1.807) is 44.2 Å². The number of thioether (sulfide) groups is 1. The Labute approximate surface area is 215 Å². The number of nitrogens with two attached hydrogens (primary N) is 1. The summed E-state index contributed by atoms with van der Waals surface area (Å²) in [7, 11) is 0. The van der Waals surface area contributed by atoms with Crippen LogP contribution in [-0.2, 0) is 30.4 Å². The number of carboxylic acid groups (broad SMARTS) is 2. The topological polar surface area (TPSA) is 188 Å². The van der Waals surface area contributed by atoms with Crippen molar-refractivity contribution in [2.45, 2.75) is 63.7 Å².